The average Bonchev–Trinajstić information content (AvgIpc) is 3.42. The maximum Gasteiger partial charge on any atom is 0.415 e. The minimum atomic E-state index is -0.745. The van der Waals surface area contributed by atoms with Gasteiger partial charge < -0.3 is 18.9 Å². The predicted molar refractivity (Wildman–Crippen MR) is 195 cm³/mol. The number of H-pyrrole nitrogens is 1. The van der Waals surface area contributed by atoms with Crippen molar-refractivity contribution in [2.75, 3.05) is 31.6 Å². The smallest absolute Gasteiger partial charge is 0.415 e. The number of ether oxygens (including phenoxy) is 4. The topological polar surface area (TPSA) is 105 Å². The molecule has 0 radical (unpaired) electrons. The van der Waals surface area contributed by atoms with Gasteiger partial charge in [0.25, 0.3) is 0 Å². The minimum Gasteiger partial charge on any atom is -0.493 e. The van der Waals surface area contributed by atoms with Crippen LogP contribution in [0.25, 0.3) is 0 Å². The molecule has 5 atom stereocenters. The van der Waals surface area contributed by atoms with Gasteiger partial charge in [-0.05, 0) is 86.2 Å². The number of fused-ring (bicyclic) bond motifs is 1. The molecule has 270 valence electrons. The lowest BCUT2D eigenvalue weighted by atomic mass is 10.0. The number of anilines is 1. The summed E-state index contributed by atoms with van der Waals surface area (Å²) in [6.07, 6.45) is 11.1. The van der Waals surface area contributed by atoms with Gasteiger partial charge in [0, 0.05) is 43.1 Å². The van der Waals surface area contributed by atoms with Crippen LogP contribution in [0.3, 0.4) is 0 Å². The zero-order valence-electron chi connectivity index (χ0n) is 28.9. The number of hydrogen-bond donors (Lipinski definition) is 0. The van der Waals surface area contributed by atoms with Crippen LogP contribution >= 0.6 is 23.2 Å². The van der Waals surface area contributed by atoms with Crippen LogP contribution in [0, 0.1) is 11.8 Å². The van der Waals surface area contributed by atoms with Crippen molar-refractivity contribution in [2.45, 2.75) is 62.9 Å². The molecule has 2 aromatic carbocycles. The number of pyridine rings is 2. The summed E-state index contributed by atoms with van der Waals surface area (Å²) >= 11 is 13.1. The van der Waals surface area contributed by atoms with Crippen LogP contribution in [0.2, 0.25) is 10.0 Å². The number of nitrogens with one attached hydrogen (secondary N) is 1. The van der Waals surface area contributed by atoms with Crippen molar-refractivity contribution in [3.8, 4) is 11.5 Å². The molecular weight excluding hydrogens is 703 g/mol. The van der Waals surface area contributed by atoms with E-state index in [1.165, 1.54) is 0 Å². The maximum atomic E-state index is 13.8. The first kappa shape index (κ1) is 34.7. The first-order chi connectivity index (χ1) is 25.3. The Bertz CT molecular complexity index is 1920. The lowest BCUT2D eigenvalue weighted by Crippen LogP contribution is -2.42. The summed E-state index contributed by atoms with van der Waals surface area (Å²) in [6.45, 7) is 3.13. The summed E-state index contributed by atoms with van der Waals surface area (Å²) in [5.41, 5.74) is 2.80. The molecule has 1 amide bonds. The zero-order chi connectivity index (χ0) is 35.8. The number of piperidine rings is 3. The summed E-state index contributed by atoms with van der Waals surface area (Å²) in [4.78, 5) is 38.7. The van der Waals surface area contributed by atoms with Crippen LogP contribution < -0.4 is 19.4 Å². The molecular formula is C40H41Cl2N4O6+. The van der Waals surface area contributed by atoms with Crippen LogP contribution in [0.4, 0.5) is 10.5 Å². The largest absolute Gasteiger partial charge is 0.493 e. The second-order valence-corrected chi connectivity index (χ2v) is 15.0. The molecule has 3 saturated heterocycles. The number of aromatic nitrogens is 2. The first-order valence-electron chi connectivity index (χ1n) is 17.9. The lowest BCUT2D eigenvalue weighted by Gasteiger charge is -2.31. The number of nitrogens with zero attached hydrogens (tertiary/aromatic N) is 3. The Morgan fingerprint density at radius 1 is 1.02 bits per heavy atom. The van der Waals surface area contributed by atoms with Crippen molar-refractivity contribution in [3.63, 3.8) is 0 Å². The van der Waals surface area contributed by atoms with Gasteiger partial charge in [-0.2, -0.15) is 0 Å². The summed E-state index contributed by atoms with van der Waals surface area (Å²) in [5, 5.41) is 0.862. The highest BCUT2D eigenvalue weighted by molar-refractivity contribution is 6.35. The number of aromatic amines is 1. The van der Waals surface area contributed by atoms with E-state index in [1.807, 2.05) is 36.4 Å². The maximum absolute atomic E-state index is 13.8. The first-order valence-corrected chi connectivity index (χ1v) is 18.7. The molecule has 10 nitrogen and oxygen atoms in total. The van der Waals surface area contributed by atoms with Gasteiger partial charge in [-0.25, -0.2) is 14.6 Å². The number of esters is 1. The SMILES string of the molecule is COc1ccc([C@@H](Cc2c(Cl)c[nH+]cc2Cl)OC(=O)c2ccc(CN(C(=O)O[C@]34CN5CCC3C4C5)c3cccnc3)cc2)cc1OC1CCCC1. The molecule has 5 fully saturated rings. The van der Waals surface area contributed by atoms with Crippen LogP contribution in [0.1, 0.15) is 65.3 Å². The summed E-state index contributed by atoms with van der Waals surface area (Å²) in [7, 11) is 1.61. The van der Waals surface area contributed by atoms with E-state index in [-0.39, 0.29) is 30.8 Å². The molecule has 2 saturated carbocycles. The molecule has 5 heterocycles. The second-order valence-electron chi connectivity index (χ2n) is 14.2. The number of methoxy groups -OCH3 is 1. The van der Waals surface area contributed by atoms with Crippen LogP contribution in [0.15, 0.2) is 79.4 Å². The number of benzene rings is 2. The summed E-state index contributed by atoms with van der Waals surface area (Å²) < 4.78 is 24.5. The van der Waals surface area contributed by atoms with E-state index < -0.39 is 12.1 Å². The number of hydrogen-bond acceptors (Lipinski definition) is 8. The normalized spacial score (nSPS) is 23.5. The lowest BCUT2D eigenvalue weighted by molar-refractivity contribution is -0.377. The van der Waals surface area contributed by atoms with Crippen molar-refractivity contribution >= 4 is 41.0 Å². The van der Waals surface area contributed by atoms with E-state index in [2.05, 4.69) is 14.9 Å². The average molecular weight is 745 g/mol. The Labute approximate surface area is 312 Å². The standard InChI is InChI=1S/C40H40Cl2N4O6/c1-49-35-13-12-27(17-37(35)50-29-6-2-3-7-29)36(18-30-33(41)20-44-21-34(30)42)51-38(47)26-10-8-25(9-11-26)22-46(28-5-4-15-43-19-28)39(48)52-40-24-45-16-14-31(40)32(40)23-45/h4-5,8-13,15,17,19-21,29,31-32,36H,2-3,6-7,14,16,18,22-24H2,1H3/p+1/t31?,32?,36-,40-/m1/s1. The Hall–Kier alpha value is -4.38. The van der Waals surface area contributed by atoms with E-state index in [9.17, 15) is 9.59 Å². The highest BCUT2D eigenvalue weighted by Crippen LogP contribution is 2.63. The minimum absolute atomic E-state index is 0.106. The molecule has 3 aliphatic heterocycles. The van der Waals surface area contributed by atoms with E-state index in [1.54, 1.807) is 55.0 Å². The van der Waals surface area contributed by atoms with Gasteiger partial charge in [-0.1, -0.05) is 41.4 Å². The van der Waals surface area contributed by atoms with Crippen molar-refractivity contribution in [1.82, 2.24) is 9.88 Å². The molecule has 52 heavy (non-hydrogen) atoms. The number of halogens is 2. The van der Waals surface area contributed by atoms with Crippen molar-refractivity contribution in [3.05, 3.63) is 112 Å². The van der Waals surface area contributed by atoms with Gasteiger partial charge in [-0.15, -0.1) is 0 Å². The molecule has 0 spiro atoms. The Morgan fingerprint density at radius 3 is 2.46 bits per heavy atom. The Balaban J connectivity index is 1.01. The summed E-state index contributed by atoms with van der Waals surface area (Å²) in [6, 6.07) is 16.3. The fourth-order valence-corrected chi connectivity index (χ4v) is 8.81. The molecule has 12 heteroatoms. The van der Waals surface area contributed by atoms with Gasteiger partial charge >= 0.3 is 12.1 Å². The third-order valence-electron chi connectivity index (χ3n) is 11.1. The number of amides is 1. The number of rotatable bonds is 12. The molecule has 4 aromatic rings. The van der Waals surface area contributed by atoms with Crippen LogP contribution in [-0.4, -0.2) is 60.4 Å². The molecule has 4 bridgehead atoms. The van der Waals surface area contributed by atoms with Gasteiger partial charge in [0.1, 0.15) is 21.8 Å². The van der Waals surface area contributed by atoms with E-state index in [0.29, 0.717) is 55.8 Å². The second kappa shape index (κ2) is 14.6. The van der Waals surface area contributed by atoms with E-state index in [0.717, 1.165) is 57.3 Å². The van der Waals surface area contributed by atoms with E-state index >= 15 is 0 Å². The zero-order valence-corrected chi connectivity index (χ0v) is 30.4. The van der Waals surface area contributed by atoms with E-state index in [4.69, 9.17) is 42.1 Å². The summed E-state index contributed by atoms with van der Waals surface area (Å²) in [5.74, 6) is 1.56. The Kier molecular flexibility index (Phi) is 9.72. The van der Waals surface area contributed by atoms with Crippen LogP contribution in [0.5, 0.6) is 11.5 Å². The number of carbonyl (C=O) groups is 2. The molecule has 2 aliphatic carbocycles. The monoisotopic (exact) mass is 743 g/mol. The van der Waals surface area contributed by atoms with Gasteiger partial charge in [-0.3, -0.25) is 14.8 Å². The third-order valence-corrected chi connectivity index (χ3v) is 11.8. The molecule has 9 rings (SSSR count). The van der Waals surface area contributed by atoms with Crippen LogP contribution in [-0.2, 0) is 22.4 Å². The van der Waals surface area contributed by atoms with Crippen molar-refractivity contribution in [1.29, 1.82) is 0 Å². The molecule has 1 N–H and O–H groups in total. The fourth-order valence-electron chi connectivity index (χ4n) is 8.28. The third kappa shape index (κ3) is 6.91. The predicted octanol–water partition coefficient (Wildman–Crippen LogP) is 7.52. The number of carbonyl (C=O) groups excluding carboxylic acids is 2. The quantitative estimate of drug-likeness (QED) is 0.137. The highest BCUT2D eigenvalue weighted by atomic mass is 35.5. The fraction of sp³-hybridized carbons (Fsp3) is 0.400. The molecule has 5 aliphatic rings. The molecule has 2 aromatic heterocycles. The van der Waals surface area contributed by atoms with Gasteiger partial charge in [0.05, 0.1) is 37.2 Å². The Morgan fingerprint density at radius 2 is 1.81 bits per heavy atom. The van der Waals surface area contributed by atoms with Gasteiger partial charge in [0.15, 0.2) is 23.9 Å². The van der Waals surface area contributed by atoms with Crippen molar-refractivity contribution < 1.29 is 33.5 Å². The van der Waals surface area contributed by atoms with Gasteiger partial charge in [0.2, 0.25) is 0 Å². The molecule has 3 unspecified atom stereocenters. The van der Waals surface area contributed by atoms with Crippen molar-refractivity contribution in [2.24, 2.45) is 11.8 Å². The highest BCUT2D eigenvalue weighted by Gasteiger charge is 2.74.